The lowest BCUT2D eigenvalue weighted by atomic mass is 10.2. The monoisotopic (exact) mass is 361 g/mol. The summed E-state index contributed by atoms with van der Waals surface area (Å²) < 4.78 is 29.7. The maximum absolute atomic E-state index is 12.4. The van der Waals surface area contributed by atoms with Gasteiger partial charge in [-0.05, 0) is 28.2 Å². The van der Waals surface area contributed by atoms with Crippen molar-refractivity contribution in [1.82, 2.24) is 4.98 Å². The molecule has 1 aromatic heterocycles. The van der Waals surface area contributed by atoms with E-state index in [0.717, 1.165) is 0 Å². The molecule has 0 aromatic carbocycles. The van der Waals surface area contributed by atoms with E-state index in [1.807, 2.05) is 0 Å². The highest BCUT2D eigenvalue weighted by atomic mass is 127. The average molecular weight is 362 g/mol. The van der Waals surface area contributed by atoms with Crippen LogP contribution in [0.5, 0.6) is 0 Å². The van der Waals surface area contributed by atoms with Gasteiger partial charge in [-0.25, -0.2) is 8.78 Å². The van der Waals surface area contributed by atoms with Crippen LogP contribution in [0.1, 0.15) is 17.7 Å². The minimum Gasteiger partial charge on any atom is -0.469 e. The molecule has 7 heteroatoms. The van der Waals surface area contributed by atoms with Crippen LogP contribution in [0.15, 0.2) is 6.20 Å². The maximum atomic E-state index is 12.4. The lowest BCUT2D eigenvalue weighted by Crippen LogP contribution is -2.08. The van der Waals surface area contributed by atoms with E-state index in [2.05, 4.69) is 9.72 Å². The van der Waals surface area contributed by atoms with E-state index in [9.17, 15) is 13.6 Å². The Bertz CT molecular complexity index is 415. The first-order valence-corrected chi connectivity index (χ1v) is 5.60. The molecule has 0 aliphatic heterocycles. The Kier molecular flexibility index (Phi) is 4.85. The fourth-order valence-corrected chi connectivity index (χ4v) is 1.88. The van der Waals surface area contributed by atoms with Gasteiger partial charge in [0.15, 0.2) is 0 Å². The largest absolute Gasteiger partial charge is 0.469 e. The Morgan fingerprint density at radius 2 is 2.31 bits per heavy atom. The van der Waals surface area contributed by atoms with Crippen LogP contribution in [0.2, 0.25) is 5.02 Å². The molecule has 1 aromatic rings. The minimum atomic E-state index is -2.73. The molecule has 0 aliphatic carbocycles. The van der Waals surface area contributed by atoms with Crippen molar-refractivity contribution in [1.29, 1.82) is 0 Å². The number of carbonyl (C=O) groups excluding carboxylic acids is 1. The number of nitrogens with zero attached hydrogens (tertiary/aromatic N) is 1. The number of ether oxygens (including phenoxy) is 1. The first-order chi connectivity index (χ1) is 7.47. The molecule has 0 radical (unpaired) electrons. The highest BCUT2D eigenvalue weighted by Gasteiger charge is 2.19. The molecule has 1 rings (SSSR count). The molecule has 0 bridgehead atoms. The molecule has 0 fully saturated rings. The van der Waals surface area contributed by atoms with Crippen molar-refractivity contribution in [2.24, 2.45) is 0 Å². The number of esters is 1. The Morgan fingerprint density at radius 1 is 1.69 bits per heavy atom. The number of rotatable bonds is 3. The van der Waals surface area contributed by atoms with Crippen molar-refractivity contribution in [2.75, 3.05) is 7.11 Å². The second-order valence-electron chi connectivity index (χ2n) is 2.85. The Labute approximate surface area is 109 Å². The minimum absolute atomic E-state index is 0.0367. The van der Waals surface area contributed by atoms with Crippen LogP contribution in [0.3, 0.4) is 0 Å². The van der Waals surface area contributed by atoms with E-state index >= 15 is 0 Å². The maximum Gasteiger partial charge on any atom is 0.310 e. The molecular weight excluding hydrogens is 354 g/mol. The number of halogens is 4. The van der Waals surface area contributed by atoms with E-state index in [0.29, 0.717) is 9.13 Å². The fourth-order valence-electron chi connectivity index (χ4n) is 1.02. The van der Waals surface area contributed by atoms with E-state index in [4.69, 9.17) is 11.6 Å². The van der Waals surface area contributed by atoms with Crippen molar-refractivity contribution in [3.63, 3.8) is 0 Å². The highest BCUT2D eigenvalue weighted by Crippen LogP contribution is 2.30. The van der Waals surface area contributed by atoms with Crippen molar-refractivity contribution >= 4 is 40.2 Å². The molecule has 16 heavy (non-hydrogen) atoms. The van der Waals surface area contributed by atoms with Gasteiger partial charge in [-0.3, -0.25) is 9.78 Å². The summed E-state index contributed by atoms with van der Waals surface area (Å²) in [5.74, 6) is -0.472. The lowest BCUT2D eigenvalue weighted by Gasteiger charge is -2.08. The molecule has 3 nitrogen and oxygen atoms in total. The number of alkyl halides is 2. The first kappa shape index (κ1) is 13.6. The predicted octanol–water partition coefficient (Wildman–Crippen LogP) is 2.99. The lowest BCUT2D eigenvalue weighted by molar-refractivity contribution is -0.139. The predicted molar refractivity (Wildman–Crippen MR) is 62.6 cm³/mol. The average Bonchev–Trinajstić information content (AvgIpc) is 2.24. The number of aromatic nitrogens is 1. The third-order valence-electron chi connectivity index (χ3n) is 1.83. The standard InChI is InChI=1S/C9H7ClF2INO2/c1-16-5(15)2-4-3-14-8(9(11)12)6(10)7(4)13/h3,9H,2H2,1H3. The Hall–Kier alpha value is -0.500. The summed E-state index contributed by atoms with van der Waals surface area (Å²) in [7, 11) is 1.25. The van der Waals surface area contributed by atoms with Gasteiger partial charge in [0.2, 0.25) is 0 Å². The molecular formula is C9H7ClF2INO2. The van der Waals surface area contributed by atoms with E-state index < -0.39 is 18.1 Å². The van der Waals surface area contributed by atoms with Gasteiger partial charge in [0.25, 0.3) is 6.43 Å². The van der Waals surface area contributed by atoms with Crippen LogP contribution in [0.25, 0.3) is 0 Å². The molecule has 0 saturated heterocycles. The van der Waals surface area contributed by atoms with Gasteiger partial charge in [0.05, 0.1) is 18.6 Å². The van der Waals surface area contributed by atoms with Crippen molar-refractivity contribution in [3.8, 4) is 0 Å². The van der Waals surface area contributed by atoms with Crippen molar-refractivity contribution < 1.29 is 18.3 Å². The summed E-state index contributed by atoms with van der Waals surface area (Å²) in [6.45, 7) is 0. The second kappa shape index (κ2) is 5.72. The fraction of sp³-hybridized carbons (Fsp3) is 0.333. The molecule has 0 atom stereocenters. The van der Waals surface area contributed by atoms with Crippen LogP contribution in [-0.4, -0.2) is 18.1 Å². The summed E-state index contributed by atoms with van der Waals surface area (Å²) in [4.78, 5) is 14.6. The highest BCUT2D eigenvalue weighted by molar-refractivity contribution is 14.1. The molecule has 0 amide bonds. The van der Waals surface area contributed by atoms with E-state index in [-0.39, 0.29) is 11.4 Å². The van der Waals surface area contributed by atoms with E-state index in [1.165, 1.54) is 13.3 Å². The third kappa shape index (κ3) is 3.00. The quantitative estimate of drug-likeness (QED) is 0.614. The molecule has 0 unspecified atom stereocenters. The number of methoxy groups -OCH3 is 1. The van der Waals surface area contributed by atoms with Gasteiger partial charge in [0, 0.05) is 9.77 Å². The summed E-state index contributed by atoms with van der Waals surface area (Å²) in [5.41, 5.74) is 0.00142. The zero-order valence-corrected chi connectivity index (χ0v) is 11.1. The summed E-state index contributed by atoms with van der Waals surface area (Å²) in [6, 6.07) is 0. The molecule has 0 saturated carbocycles. The van der Waals surface area contributed by atoms with Crippen LogP contribution in [-0.2, 0) is 16.0 Å². The SMILES string of the molecule is COC(=O)Cc1cnc(C(F)F)c(Cl)c1I. The number of carbonyl (C=O) groups is 1. The van der Waals surface area contributed by atoms with Gasteiger partial charge in [0.1, 0.15) is 5.69 Å². The van der Waals surface area contributed by atoms with Crippen LogP contribution in [0.4, 0.5) is 8.78 Å². The van der Waals surface area contributed by atoms with Crippen molar-refractivity contribution in [2.45, 2.75) is 12.8 Å². The van der Waals surface area contributed by atoms with Gasteiger partial charge in [-0.15, -0.1) is 0 Å². The van der Waals surface area contributed by atoms with Crippen LogP contribution < -0.4 is 0 Å². The Balaban J connectivity index is 3.07. The zero-order chi connectivity index (χ0) is 12.3. The molecule has 0 N–H and O–H groups in total. The van der Waals surface area contributed by atoms with Crippen LogP contribution in [0, 0.1) is 3.57 Å². The first-order valence-electron chi connectivity index (χ1n) is 4.15. The summed E-state index contributed by atoms with van der Waals surface area (Å²) in [6.07, 6.45) is -1.55. The second-order valence-corrected chi connectivity index (χ2v) is 4.31. The molecule has 0 spiro atoms. The summed E-state index contributed by atoms with van der Waals surface area (Å²) in [5, 5.41) is -0.114. The Morgan fingerprint density at radius 3 is 2.81 bits per heavy atom. The summed E-state index contributed by atoms with van der Waals surface area (Å²) >= 11 is 7.52. The van der Waals surface area contributed by atoms with Crippen LogP contribution >= 0.6 is 34.2 Å². The number of pyridine rings is 1. The molecule has 88 valence electrons. The topological polar surface area (TPSA) is 39.2 Å². The molecule has 0 aliphatic rings. The smallest absolute Gasteiger partial charge is 0.310 e. The molecule has 1 heterocycles. The number of hydrogen-bond donors (Lipinski definition) is 0. The van der Waals surface area contributed by atoms with Crippen molar-refractivity contribution in [3.05, 3.63) is 26.0 Å². The normalized spacial score (nSPS) is 10.6. The van der Waals surface area contributed by atoms with Gasteiger partial charge in [-0.2, -0.15) is 0 Å². The van der Waals surface area contributed by atoms with Gasteiger partial charge < -0.3 is 4.74 Å². The number of hydrogen-bond acceptors (Lipinski definition) is 3. The third-order valence-corrected chi connectivity index (χ3v) is 3.76. The van der Waals surface area contributed by atoms with Gasteiger partial charge in [-0.1, -0.05) is 11.6 Å². The van der Waals surface area contributed by atoms with E-state index in [1.54, 1.807) is 22.6 Å². The van der Waals surface area contributed by atoms with Gasteiger partial charge >= 0.3 is 5.97 Å². The zero-order valence-electron chi connectivity index (χ0n) is 8.14.